The number of benzene rings is 1. The van der Waals surface area contributed by atoms with Gasteiger partial charge in [0.15, 0.2) is 30.0 Å². The van der Waals surface area contributed by atoms with Crippen molar-refractivity contribution >= 4 is 0 Å². The van der Waals surface area contributed by atoms with E-state index in [0.717, 1.165) is 44.6 Å². The SMILES string of the molecule is CCCCC[C@H]1CO[C@H](CC[C@H]2CO[C@H](c3cc(F)c(F)c(F)c3)OC2)OC1. The third-order valence-corrected chi connectivity index (χ3v) is 5.31. The number of rotatable bonds is 8. The van der Waals surface area contributed by atoms with Crippen LogP contribution in [0.5, 0.6) is 0 Å². The number of unbranched alkanes of at least 4 members (excludes halogenated alkanes) is 2. The number of ether oxygens (including phenoxy) is 4. The normalized spacial score (nSPS) is 28.4. The van der Waals surface area contributed by atoms with Crippen LogP contribution in [0.1, 0.15) is 57.3 Å². The Morgan fingerprint density at radius 2 is 1.36 bits per heavy atom. The van der Waals surface area contributed by atoms with Crippen LogP contribution in [0.25, 0.3) is 0 Å². The Hall–Kier alpha value is -1.15. The highest BCUT2D eigenvalue weighted by molar-refractivity contribution is 5.20. The standard InChI is InChI=1S/C21H29F3O4/c1-2-3-4-5-14-10-25-19(26-11-14)7-6-15-12-27-21(28-13-15)16-8-17(22)20(24)18(23)9-16/h8-9,14-15,19,21H,2-7,10-13H2,1H3/t14-,15-,19-,21-. The van der Waals surface area contributed by atoms with Crippen molar-refractivity contribution in [2.24, 2.45) is 11.8 Å². The number of halogens is 3. The minimum absolute atomic E-state index is 0.142. The molecule has 0 bridgehead atoms. The van der Waals surface area contributed by atoms with Crippen LogP contribution in [0.3, 0.4) is 0 Å². The Morgan fingerprint density at radius 3 is 1.96 bits per heavy atom. The van der Waals surface area contributed by atoms with E-state index >= 15 is 0 Å². The molecule has 0 saturated carbocycles. The van der Waals surface area contributed by atoms with E-state index in [1.54, 1.807) is 0 Å². The van der Waals surface area contributed by atoms with Crippen molar-refractivity contribution < 1.29 is 32.1 Å². The average Bonchev–Trinajstić information content (AvgIpc) is 2.71. The predicted octanol–water partition coefficient (Wildman–Crippen LogP) is 5.12. The Kier molecular flexibility index (Phi) is 8.14. The van der Waals surface area contributed by atoms with Gasteiger partial charge >= 0.3 is 0 Å². The van der Waals surface area contributed by atoms with Gasteiger partial charge in [-0.3, -0.25) is 0 Å². The highest BCUT2D eigenvalue weighted by Crippen LogP contribution is 2.29. The average molecular weight is 402 g/mol. The molecule has 0 atom stereocenters. The largest absolute Gasteiger partial charge is 0.352 e. The summed E-state index contributed by atoms with van der Waals surface area (Å²) in [6.45, 7) is 4.49. The van der Waals surface area contributed by atoms with Gasteiger partial charge in [0.05, 0.1) is 26.4 Å². The summed E-state index contributed by atoms with van der Waals surface area (Å²) in [6.07, 6.45) is 5.32. The van der Waals surface area contributed by atoms with Crippen molar-refractivity contribution in [3.63, 3.8) is 0 Å². The quantitative estimate of drug-likeness (QED) is 0.447. The van der Waals surface area contributed by atoms with E-state index in [9.17, 15) is 13.2 Å². The monoisotopic (exact) mass is 402 g/mol. The molecule has 0 aliphatic carbocycles. The molecule has 28 heavy (non-hydrogen) atoms. The second kappa shape index (κ2) is 10.6. The number of hydrogen-bond donors (Lipinski definition) is 0. The maximum absolute atomic E-state index is 13.4. The molecule has 4 nitrogen and oxygen atoms in total. The van der Waals surface area contributed by atoms with Gasteiger partial charge in [-0.05, 0) is 31.4 Å². The van der Waals surface area contributed by atoms with Gasteiger partial charge in [-0.15, -0.1) is 0 Å². The van der Waals surface area contributed by atoms with Gasteiger partial charge in [-0.2, -0.15) is 0 Å². The van der Waals surface area contributed by atoms with Gasteiger partial charge in [-0.1, -0.05) is 26.2 Å². The van der Waals surface area contributed by atoms with Crippen LogP contribution in [0.4, 0.5) is 13.2 Å². The summed E-state index contributed by atoms with van der Waals surface area (Å²) in [5.41, 5.74) is 0.142. The molecule has 0 unspecified atom stereocenters. The lowest BCUT2D eigenvalue weighted by molar-refractivity contribution is -0.220. The van der Waals surface area contributed by atoms with Gasteiger partial charge < -0.3 is 18.9 Å². The molecular weight excluding hydrogens is 373 g/mol. The van der Waals surface area contributed by atoms with Crippen molar-refractivity contribution in [2.75, 3.05) is 26.4 Å². The zero-order valence-electron chi connectivity index (χ0n) is 16.3. The lowest BCUT2D eigenvalue weighted by atomic mass is 10.0. The molecule has 0 aromatic heterocycles. The molecule has 2 saturated heterocycles. The number of hydrogen-bond acceptors (Lipinski definition) is 4. The maximum Gasteiger partial charge on any atom is 0.194 e. The van der Waals surface area contributed by atoms with Crippen molar-refractivity contribution in [2.45, 2.75) is 58.0 Å². The van der Waals surface area contributed by atoms with Gasteiger partial charge in [0, 0.05) is 17.4 Å². The third kappa shape index (κ3) is 5.92. The highest BCUT2D eigenvalue weighted by Gasteiger charge is 2.28. The molecule has 2 heterocycles. The van der Waals surface area contributed by atoms with Crippen LogP contribution >= 0.6 is 0 Å². The zero-order valence-corrected chi connectivity index (χ0v) is 16.3. The first-order valence-electron chi connectivity index (χ1n) is 10.2. The summed E-state index contributed by atoms with van der Waals surface area (Å²) in [7, 11) is 0. The molecule has 2 aliphatic rings. The molecule has 3 rings (SSSR count). The highest BCUT2D eigenvalue weighted by atomic mass is 19.2. The molecule has 0 radical (unpaired) electrons. The van der Waals surface area contributed by atoms with Gasteiger partial charge in [-0.25, -0.2) is 13.2 Å². The Morgan fingerprint density at radius 1 is 0.786 bits per heavy atom. The summed E-state index contributed by atoms with van der Waals surface area (Å²) >= 11 is 0. The Balaban J connectivity index is 1.35. The fourth-order valence-electron chi connectivity index (χ4n) is 3.58. The van der Waals surface area contributed by atoms with E-state index in [2.05, 4.69) is 6.92 Å². The molecule has 1 aromatic carbocycles. The van der Waals surface area contributed by atoms with Crippen molar-refractivity contribution in [3.8, 4) is 0 Å². The molecule has 0 amide bonds. The molecule has 7 heteroatoms. The van der Waals surface area contributed by atoms with Gasteiger partial charge in [0.2, 0.25) is 0 Å². The van der Waals surface area contributed by atoms with Crippen LogP contribution in [0, 0.1) is 29.3 Å². The van der Waals surface area contributed by atoms with E-state index in [1.165, 1.54) is 19.3 Å². The fourth-order valence-corrected chi connectivity index (χ4v) is 3.58. The molecule has 2 fully saturated rings. The minimum atomic E-state index is -1.49. The first-order chi connectivity index (χ1) is 13.6. The van der Waals surface area contributed by atoms with Crippen LogP contribution in [-0.4, -0.2) is 32.7 Å². The summed E-state index contributed by atoms with van der Waals surface area (Å²) < 4.78 is 62.6. The summed E-state index contributed by atoms with van der Waals surface area (Å²) in [5.74, 6) is -3.34. The lowest BCUT2D eigenvalue weighted by Crippen LogP contribution is -2.33. The molecule has 0 N–H and O–H groups in total. The maximum atomic E-state index is 13.4. The van der Waals surface area contributed by atoms with Crippen LogP contribution < -0.4 is 0 Å². The Bertz CT molecular complexity index is 589. The Labute approximate surface area is 164 Å². The first kappa shape index (κ1) is 21.6. The lowest BCUT2D eigenvalue weighted by Gasteiger charge is -2.32. The zero-order chi connectivity index (χ0) is 19.9. The summed E-state index contributed by atoms with van der Waals surface area (Å²) in [6, 6.07) is 1.81. The summed E-state index contributed by atoms with van der Waals surface area (Å²) in [5, 5.41) is 0. The van der Waals surface area contributed by atoms with Crippen LogP contribution in [-0.2, 0) is 18.9 Å². The van der Waals surface area contributed by atoms with E-state index < -0.39 is 23.7 Å². The van der Waals surface area contributed by atoms with E-state index in [4.69, 9.17) is 18.9 Å². The summed E-state index contributed by atoms with van der Waals surface area (Å²) in [4.78, 5) is 0. The molecular formula is C21H29F3O4. The van der Waals surface area contributed by atoms with Crippen molar-refractivity contribution in [1.82, 2.24) is 0 Å². The first-order valence-corrected chi connectivity index (χ1v) is 10.2. The van der Waals surface area contributed by atoms with Crippen molar-refractivity contribution in [3.05, 3.63) is 35.1 Å². The smallest absolute Gasteiger partial charge is 0.194 e. The van der Waals surface area contributed by atoms with E-state index in [0.29, 0.717) is 19.1 Å². The predicted molar refractivity (Wildman–Crippen MR) is 97.0 cm³/mol. The van der Waals surface area contributed by atoms with Crippen LogP contribution in [0.2, 0.25) is 0 Å². The van der Waals surface area contributed by atoms with Gasteiger partial charge in [0.25, 0.3) is 0 Å². The molecule has 158 valence electrons. The topological polar surface area (TPSA) is 36.9 Å². The third-order valence-electron chi connectivity index (χ3n) is 5.31. The molecule has 2 aliphatic heterocycles. The van der Waals surface area contributed by atoms with E-state index in [1.807, 2.05) is 0 Å². The van der Waals surface area contributed by atoms with E-state index in [-0.39, 0.29) is 17.8 Å². The molecule has 0 spiro atoms. The minimum Gasteiger partial charge on any atom is -0.352 e. The fraction of sp³-hybridized carbons (Fsp3) is 0.714. The second-order valence-corrected chi connectivity index (χ2v) is 7.70. The second-order valence-electron chi connectivity index (χ2n) is 7.70. The van der Waals surface area contributed by atoms with Crippen molar-refractivity contribution in [1.29, 1.82) is 0 Å². The molecule has 1 aromatic rings. The van der Waals surface area contributed by atoms with Gasteiger partial charge in [0.1, 0.15) is 0 Å². The van der Waals surface area contributed by atoms with Crippen LogP contribution in [0.15, 0.2) is 12.1 Å².